The van der Waals surface area contributed by atoms with Crippen molar-refractivity contribution in [1.82, 2.24) is 4.89 Å². The molecule has 1 heterocycles. The molecule has 0 aliphatic carbocycles. The predicted octanol–water partition coefficient (Wildman–Crippen LogP) is 2.16. The molecule has 0 saturated heterocycles. The first-order valence-corrected chi connectivity index (χ1v) is 8.27. The zero-order chi connectivity index (χ0) is 15.5. The van der Waals surface area contributed by atoms with Crippen LogP contribution in [0.5, 0.6) is 0 Å². The van der Waals surface area contributed by atoms with Gasteiger partial charge in [-0.25, -0.2) is 13.2 Å². The minimum Gasteiger partial charge on any atom is -0.477 e. The van der Waals surface area contributed by atoms with Crippen LogP contribution in [-0.4, -0.2) is 19.5 Å². The number of hydrogen-bond acceptors (Lipinski definition) is 5. The van der Waals surface area contributed by atoms with Crippen molar-refractivity contribution in [3.05, 3.63) is 51.7 Å². The van der Waals surface area contributed by atoms with Crippen molar-refractivity contribution in [3.8, 4) is 0 Å². The van der Waals surface area contributed by atoms with E-state index in [0.717, 1.165) is 16.9 Å². The van der Waals surface area contributed by atoms with Crippen LogP contribution in [0.2, 0.25) is 0 Å². The Bertz CT molecular complexity index is 737. The molecule has 1 aromatic heterocycles. The van der Waals surface area contributed by atoms with Gasteiger partial charge in [-0.3, -0.25) is 4.84 Å². The van der Waals surface area contributed by atoms with E-state index in [1.165, 1.54) is 12.3 Å². The van der Waals surface area contributed by atoms with Gasteiger partial charge in [0.25, 0.3) is 10.0 Å². The first kappa shape index (κ1) is 15.6. The van der Waals surface area contributed by atoms with Gasteiger partial charge in [0.2, 0.25) is 0 Å². The van der Waals surface area contributed by atoms with Gasteiger partial charge in [-0.1, -0.05) is 35.2 Å². The van der Waals surface area contributed by atoms with Crippen molar-refractivity contribution < 1.29 is 23.2 Å². The lowest BCUT2D eigenvalue weighted by atomic mass is 10.2. The maximum atomic E-state index is 12.1. The number of sulfonamides is 1. The second-order valence-electron chi connectivity index (χ2n) is 4.24. The number of carbonyl (C=O) groups is 1. The maximum Gasteiger partial charge on any atom is 0.347 e. The SMILES string of the molecule is Cc1csc(C(=O)O)c1S(=O)(=O)NOCc1ccccc1. The second kappa shape index (κ2) is 6.35. The quantitative estimate of drug-likeness (QED) is 0.793. The maximum absolute atomic E-state index is 12.1. The molecule has 0 fully saturated rings. The highest BCUT2D eigenvalue weighted by atomic mass is 32.2. The summed E-state index contributed by atoms with van der Waals surface area (Å²) in [7, 11) is -4.04. The van der Waals surface area contributed by atoms with Gasteiger partial charge in [0.05, 0.1) is 6.61 Å². The molecule has 2 aromatic rings. The Morgan fingerprint density at radius 1 is 1.33 bits per heavy atom. The lowest BCUT2D eigenvalue weighted by molar-refractivity contribution is 0.0695. The standard InChI is InChI=1S/C13H13NO5S2/c1-9-8-20-11(13(15)16)12(9)21(17,18)14-19-7-10-5-3-2-4-6-10/h2-6,8,14H,7H2,1H3,(H,15,16). The number of rotatable bonds is 6. The zero-order valence-corrected chi connectivity index (χ0v) is 12.7. The van der Waals surface area contributed by atoms with Gasteiger partial charge >= 0.3 is 5.97 Å². The summed E-state index contributed by atoms with van der Waals surface area (Å²) >= 11 is 0.867. The van der Waals surface area contributed by atoms with E-state index in [1.54, 1.807) is 24.3 Å². The van der Waals surface area contributed by atoms with Crippen LogP contribution in [0.25, 0.3) is 0 Å². The molecule has 0 spiro atoms. The number of thiophene rings is 1. The molecule has 6 nitrogen and oxygen atoms in total. The number of carboxylic acids is 1. The summed E-state index contributed by atoms with van der Waals surface area (Å²) in [6.45, 7) is 1.58. The molecule has 1 aromatic carbocycles. The summed E-state index contributed by atoms with van der Waals surface area (Å²) in [4.78, 5) is 17.5. The lowest BCUT2D eigenvalue weighted by Gasteiger charge is -2.08. The Labute approximate surface area is 126 Å². The van der Waals surface area contributed by atoms with E-state index < -0.39 is 16.0 Å². The smallest absolute Gasteiger partial charge is 0.347 e. The molecular weight excluding hydrogens is 314 g/mol. The summed E-state index contributed by atoms with van der Waals surface area (Å²) in [5, 5.41) is 10.5. The van der Waals surface area contributed by atoms with E-state index in [-0.39, 0.29) is 16.4 Å². The molecular formula is C13H13NO5S2. The zero-order valence-electron chi connectivity index (χ0n) is 11.1. The number of aromatic carboxylic acids is 1. The van der Waals surface area contributed by atoms with Crippen LogP contribution in [-0.2, 0) is 21.5 Å². The van der Waals surface area contributed by atoms with Gasteiger partial charge in [0, 0.05) is 0 Å². The van der Waals surface area contributed by atoms with Crippen LogP contribution in [0, 0.1) is 6.92 Å². The van der Waals surface area contributed by atoms with Crippen molar-refractivity contribution in [1.29, 1.82) is 0 Å². The highest BCUT2D eigenvalue weighted by Gasteiger charge is 2.26. The molecule has 8 heteroatoms. The highest BCUT2D eigenvalue weighted by Crippen LogP contribution is 2.26. The van der Waals surface area contributed by atoms with Crippen molar-refractivity contribution in [2.24, 2.45) is 0 Å². The normalized spacial score (nSPS) is 11.5. The number of nitrogens with one attached hydrogen (secondary N) is 1. The van der Waals surface area contributed by atoms with Crippen LogP contribution in [0.15, 0.2) is 40.6 Å². The third kappa shape index (κ3) is 3.67. The summed E-state index contributed by atoms with van der Waals surface area (Å²) in [6.07, 6.45) is 0. The molecule has 0 unspecified atom stereocenters. The van der Waals surface area contributed by atoms with Gasteiger partial charge in [0.15, 0.2) is 0 Å². The van der Waals surface area contributed by atoms with Crippen molar-refractivity contribution >= 4 is 27.3 Å². The molecule has 0 radical (unpaired) electrons. The van der Waals surface area contributed by atoms with E-state index in [0.29, 0.717) is 5.56 Å². The molecule has 0 atom stereocenters. The Morgan fingerprint density at radius 2 is 2.00 bits per heavy atom. The Hall–Kier alpha value is -1.74. The molecule has 0 bridgehead atoms. The fourth-order valence-electron chi connectivity index (χ4n) is 1.72. The van der Waals surface area contributed by atoms with Gasteiger partial charge in [-0.15, -0.1) is 11.3 Å². The van der Waals surface area contributed by atoms with E-state index >= 15 is 0 Å². The average molecular weight is 327 g/mol. The average Bonchev–Trinajstić information content (AvgIpc) is 2.83. The summed E-state index contributed by atoms with van der Waals surface area (Å²) < 4.78 is 24.3. The van der Waals surface area contributed by atoms with Crippen molar-refractivity contribution in [2.45, 2.75) is 18.4 Å². The van der Waals surface area contributed by atoms with E-state index in [1.807, 2.05) is 11.0 Å². The fraction of sp³-hybridized carbons (Fsp3) is 0.154. The van der Waals surface area contributed by atoms with Crippen molar-refractivity contribution in [3.63, 3.8) is 0 Å². The van der Waals surface area contributed by atoms with Gasteiger partial charge < -0.3 is 5.11 Å². The summed E-state index contributed by atoms with van der Waals surface area (Å²) in [5.74, 6) is -1.28. The van der Waals surface area contributed by atoms with E-state index in [2.05, 4.69) is 0 Å². The molecule has 2 rings (SSSR count). The van der Waals surface area contributed by atoms with Crippen molar-refractivity contribution in [2.75, 3.05) is 0 Å². The van der Waals surface area contributed by atoms with Crippen LogP contribution >= 0.6 is 11.3 Å². The fourth-order valence-corrected chi connectivity index (χ4v) is 4.16. The third-order valence-electron chi connectivity index (χ3n) is 2.63. The largest absolute Gasteiger partial charge is 0.477 e. The topological polar surface area (TPSA) is 92.7 Å². The lowest BCUT2D eigenvalue weighted by Crippen LogP contribution is -2.25. The van der Waals surface area contributed by atoms with Crippen LogP contribution < -0.4 is 4.89 Å². The summed E-state index contributed by atoms with van der Waals surface area (Å²) in [5.41, 5.74) is 1.16. The first-order chi connectivity index (χ1) is 9.92. The highest BCUT2D eigenvalue weighted by molar-refractivity contribution is 7.89. The molecule has 21 heavy (non-hydrogen) atoms. The van der Waals surface area contributed by atoms with Crippen LogP contribution in [0.3, 0.4) is 0 Å². The second-order valence-corrected chi connectivity index (χ2v) is 6.70. The summed E-state index contributed by atoms with van der Waals surface area (Å²) in [6, 6.07) is 9.01. The molecule has 112 valence electrons. The van der Waals surface area contributed by atoms with Gasteiger partial charge in [0.1, 0.15) is 9.77 Å². The van der Waals surface area contributed by atoms with Crippen LogP contribution in [0.4, 0.5) is 0 Å². The van der Waals surface area contributed by atoms with Gasteiger partial charge in [-0.2, -0.15) is 0 Å². The van der Waals surface area contributed by atoms with E-state index in [4.69, 9.17) is 9.94 Å². The Morgan fingerprint density at radius 3 is 2.62 bits per heavy atom. The van der Waals surface area contributed by atoms with Gasteiger partial charge in [-0.05, 0) is 23.4 Å². The Balaban J connectivity index is 2.12. The Kier molecular flexibility index (Phi) is 4.73. The molecule has 2 N–H and O–H groups in total. The first-order valence-electron chi connectivity index (χ1n) is 5.90. The number of benzene rings is 1. The third-order valence-corrected chi connectivity index (χ3v) is 5.25. The molecule has 0 amide bonds. The number of hydrogen-bond donors (Lipinski definition) is 2. The monoisotopic (exact) mass is 327 g/mol. The van der Waals surface area contributed by atoms with E-state index in [9.17, 15) is 13.2 Å². The minimum absolute atomic E-state index is 0.0473. The minimum atomic E-state index is -4.04. The van der Waals surface area contributed by atoms with Crippen LogP contribution in [0.1, 0.15) is 20.8 Å². The number of carboxylic acid groups (broad SMARTS) is 1. The molecule has 0 aliphatic heterocycles. The predicted molar refractivity (Wildman–Crippen MR) is 77.6 cm³/mol. The molecule has 0 saturated carbocycles. The number of aryl methyl sites for hydroxylation is 1. The molecule has 0 aliphatic rings.